The second kappa shape index (κ2) is 5.17. The van der Waals surface area contributed by atoms with E-state index in [1.54, 1.807) is 0 Å². The fraction of sp³-hybridized carbons (Fsp3) is 0.111. The molecule has 0 bridgehead atoms. The number of halogens is 1. The van der Waals surface area contributed by atoms with Crippen molar-refractivity contribution in [3.8, 4) is 0 Å². The molecule has 1 aliphatic heterocycles. The van der Waals surface area contributed by atoms with E-state index in [4.69, 9.17) is 5.73 Å². The van der Waals surface area contributed by atoms with Crippen molar-refractivity contribution in [2.24, 2.45) is 15.9 Å². The van der Waals surface area contributed by atoms with Crippen LogP contribution in [0.3, 0.4) is 0 Å². The smallest absolute Gasteiger partial charge is 0.180 e. The Balaban J connectivity index is 0.000000980. The van der Waals surface area contributed by atoms with E-state index in [2.05, 4.69) is 10.2 Å². The lowest BCUT2D eigenvalue weighted by molar-refractivity contribution is 1.22. The summed E-state index contributed by atoms with van der Waals surface area (Å²) in [4.78, 5) is 0. The van der Waals surface area contributed by atoms with E-state index >= 15 is 0 Å². The van der Waals surface area contributed by atoms with E-state index in [1.807, 2.05) is 30.3 Å². The molecule has 0 aliphatic carbocycles. The van der Waals surface area contributed by atoms with Crippen LogP contribution in [0.15, 0.2) is 40.5 Å². The lowest BCUT2D eigenvalue weighted by Gasteiger charge is -2.08. The van der Waals surface area contributed by atoms with Gasteiger partial charge in [0.15, 0.2) is 5.17 Å². The quantitative estimate of drug-likeness (QED) is 0.850. The molecule has 0 radical (unpaired) electrons. The molecular formula is C9H10BrN3S. The van der Waals surface area contributed by atoms with Gasteiger partial charge in [-0.05, 0) is 5.56 Å². The lowest BCUT2D eigenvalue weighted by Crippen LogP contribution is -2.16. The summed E-state index contributed by atoms with van der Waals surface area (Å²) in [5, 5.41) is 8.41. The van der Waals surface area contributed by atoms with Crippen molar-refractivity contribution < 1.29 is 0 Å². The number of nitrogens with two attached hydrogens (primary N) is 1. The van der Waals surface area contributed by atoms with E-state index in [-0.39, 0.29) is 17.0 Å². The van der Waals surface area contributed by atoms with Crippen molar-refractivity contribution in [3.63, 3.8) is 0 Å². The summed E-state index contributed by atoms with van der Waals surface area (Å²) in [6.45, 7) is 0. The summed E-state index contributed by atoms with van der Waals surface area (Å²) in [5.41, 5.74) is 7.58. The molecule has 0 unspecified atom stereocenters. The van der Waals surface area contributed by atoms with Gasteiger partial charge in [-0.25, -0.2) is 0 Å². The van der Waals surface area contributed by atoms with Crippen LogP contribution in [-0.2, 0) is 0 Å². The second-order valence-electron chi connectivity index (χ2n) is 2.64. The Hall–Kier alpha value is -0.810. The zero-order valence-electron chi connectivity index (χ0n) is 7.38. The first-order valence-electron chi connectivity index (χ1n) is 3.94. The number of amidine groups is 1. The predicted molar refractivity (Wildman–Crippen MR) is 67.4 cm³/mol. The number of hydrogen-bond acceptors (Lipinski definition) is 4. The predicted octanol–water partition coefficient (Wildman–Crippen LogP) is 2.03. The van der Waals surface area contributed by atoms with Gasteiger partial charge in [0.2, 0.25) is 0 Å². The van der Waals surface area contributed by atoms with Gasteiger partial charge in [-0.2, -0.15) is 5.10 Å². The molecule has 1 heterocycles. The van der Waals surface area contributed by atoms with Crippen molar-refractivity contribution in [1.82, 2.24) is 0 Å². The summed E-state index contributed by atoms with van der Waals surface area (Å²) < 4.78 is 0. The van der Waals surface area contributed by atoms with Gasteiger partial charge in [0.25, 0.3) is 0 Å². The topological polar surface area (TPSA) is 50.7 Å². The molecule has 3 nitrogen and oxygen atoms in total. The number of thioether (sulfide) groups is 1. The van der Waals surface area contributed by atoms with Gasteiger partial charge in [-0.1, -0.05) is 42.1 Å². The van der Waals surface area contributed by atoms with Gasteiger partial charge in [0.1, 0.15) is 0 Å². The molecule has 2 rings (SSSR count). The molecule has 0 amide bonds. The highest BCUT2D eigenvalue weighted by atomic mass is 79.9. The minimum Gasteiger partial charge on any atom is -0.377 e. The van der Waals surface area contributed by atoms with Crippen LogP contribution < -0.4 is 5.73 Å². The first kappa shape index (κ1) is 11.3. The van der Waals surface area contributed by atoms with Crippen LogP contribution >= 0.6 is 28.7 Å². The highest BCUT2D eigenvalue weighted by molar-refractivity contribution is 8.93. The fourth-order valence-electron chi connectivity index (χ4n) is 1.08. The highest BCUT2D eigenvalue weighted by Gasteiger charge is 2.08. The van der Waals surface area contributed by atoms with Crippen LogP contribution in [0.25, 0.3) is 0 Å². The molecular weight excluding hydrogens is 262 g/mol. The molecule has 0 spiro atoms. The van der Waals surface area contributed by atoms with Crippen LogP contribution in [0.5, 0.6) is 0 Å². The summed E-state index contributed by atoms with van der Waals surface area (Å²) in [5.74, 6) is 0.805. The summed E-state index contributed by atoms with van der Waals surface area (Å²) in [7, 11) is 0. The molecule has 0 atom stereocenters. The molecule has 0 fully saturated rings. The summed E-state index contributed by atoms with van der Waals surface area (Å²) >= 11 is 1.52. The third kappa shape index (κ3) is 2.59. The van der Waals surface area contributed by atoms with Crippen molar-refractivity contribution >= 4 is 39.6 Å². The largest absolute Gasteiger partial charge is 0.377 e. The Kier molecular flexibility index (Phi) is 4.16. The monoisotopic (exact) mass is 271 g/mol. The molecule has 14 heavy (non-hydrogen) atoms. The Morgan fingerprint density at radius 3 is 2.43 bits per heavy atom. The first-order chi connectivity index (χ1) is 6.36. The van der Waals surface area contributed by atoms with Gasteiger partial charge in [0.05, 0.1) is 5.71 Å². The average molecular weight is 272 g/mol. The lowest BCUT2D eigenvalue weighted by atomic mass is 10.1. The molecule has 5 heteroatoms. The Morgan fingerprint density at radius 1 is 1.14 bits per heavy atom. The van der Waals surface area contributed by atoms with Crippen LogP contribution in [0.1, 0.15) is 5.56 Å². The maximum Gasteiger partial charge on any atom is 0.180 e. The van der Waals surface area contributed by atoms with Crippen molar-refractivity contribution in [2.45, 2.75) is 0 Å². The van der Waals surface area contributed by atoms with Gasteiger partial charge in [0, 0.05) is 5.75 Å². The van der Waals surface area contributed by atoms with Crippen molar-refractivity contribution in [1.29, 1.82) is 0 Å². The molecule has 1 aliphatic rings. The number of hydrogen-bond donors (Lipinski definition) is 1. The number of nitrogens with zero attached hydrogens (tertiary/aromatic N) is 2. The molecule has 1 aromatic rings. The molecule has 0 aromatic heterocycles. The normalized spacial score (nSPS) is 15.1. The average Bonchev–Trinajstić information content (AvgIpc) is 2.20. The summed E-state index contributed by atoms with van der Waals surface area (Å²) in [6.07, 6.45) is 0. The Morgan fingerprint density at radius 2 is 1.86 bits per heavy atom. The first-order valence-corrected chi connectivity index (χ1v) is 4.93. The van der Waals surface area contributed by atoms with E-state index in [1.165, 1.54) is 11.8 Å². The zero-order valence-corrected chi connectivity index (χ0v) is 9.91. The third-order valence-corrected chi connectivity index (χ3v) is 2.53. The van der Waals surface area contributed by atoms with Crippen molar-refractivity contribution in [3.05, 3.63) is 35.9 Å². The summed E-state index contributed by atoms with van der Waals surface area (Å²) in [6, 6.07) is 10.0. The zero-order chi connectivity index (χ0) is 9.10. The second-order valence-corrected chi connectivity index (χ2v) is 3.64. The molecule has 0 saturated carbocycles. The maximum absolute atomic E-state index is 5.48. The fourth-order valence-corrected chi connectivity index (χ4v) is 1.69. The van der Waals surface area contributed by atoms with Crippen LogP contribution in [-0.4, -0.2) is 16.6 Å². The third-order valence-electron chi connectivity index (χ3n) is 1.73. The van der Waals surface area contributed by atoms with Gasteiger partial charge < -0.3 is 5.73 Å². The molecule has 2 N–H and O–H groups in total. The number of rotatable bonds is 1. The Labute approximate surface area is 97.3 Å². The van der Waals surface area contributed by atoms with E-state index < -0.39 is 0 Å². The van der Waals surface area contributed by atoms with E-state index in [0.29, 0.717) is 5.17 Å². The molecule has 0 saturated heterocycles. The van der Waals surface area contributed by atoms with E-state index in [0.717, 1.165) is 17.0 Å². The standard InChI is InChI=1S/C9H9N3S.BrH/c10-9-12-11-8(6-13-9)7-4-2-1-3-5-7;/h1-5H,6H2,(H2,10,12);1H. The van der Waals surface area contributed by atoms with Crippen molar-refractivity contribution in [2.75, 3.05) is 5.75 Å². The molecule has 74 valence electrons. The van der Waals surface area contributed by atoms with Crippen LogP contribution in [0.2, 0.25) is 0 Å². The van der Waals surface area contributed by atoms with E-state index in [9.17, 15) is 0 Å². The SMILES string of the molecule is Br.NC1=NN=C(c2ccccc2)CS1. The molecule has 1 aromatic carbocycles. The van der Waals surface area contributed by atoms with Gasteiger partial charge >= 0.3 is 0 Å². The highest BCUT2D eigenvalue weighted by Crippen LogP contribution is 2.12. The Bertz CT molecular complexity index is 362. The minimum atomic E-state index is 0. The number of benzene rings is 1. The maximum atomic E-state index is 5.48. The minimum absolute atomic E-state index is 0. The van der Waals surface area contributed by atoms with Crippen LogP contribution in [0.4, 0.5) is 0 Å². The van der Waals surface area contributed by atoms with Gasteiger partial charge in [-0.3, -0.25) is 0 Å². The van der Waals surface area contributed by atoms with Crippen LogP contribution in [0, 0.1) is 0 Å². The van der Waals surface area contributed by atoms with Gasteiger partial charge in [-0.15, -0.1) is 22.1 Å².